The summed E-state index contributed by atoms with van der Waals surface area (Å²) >= 11 is 0. The second-order valence-corrected chi connectivity index (χ2v) is 8.51. The highest BCUT2D eigenvalue weighted by Crippen LogP contribution is 2.34. The number of aromatic nitrogens is 5. The zero-order valence-corrected chi connectivity index (χ0v) is 19.1. The van der Waals surface area contributed by atoms with Crippen LogP contribution >= 0.6 is 0 Å². The largest absolute Gasteiger partial charge is 0.338 e. The van der Waals surface area contributed by atoms with Crippen molar-refractivity contribution in [2.24, 2.45) is 0 Å². The molecule has 0 aliphatic carbocycles. The van der Waals surface area contributed by atoms with Crippen LogP contribution in [0.5, 0.6) is 0 Å². The quantitative estimate of drug-likeness (QED) is 0.280. The van der Waals surface area contributed by atoms with Crippen molar-refractivity contribution in [3.8, 4) is 33.6 Å². The first kappa shape index (κ1) is 21.2. The molecule has 6 nitrogen and oxygen atoms in total. The van der Waals surface area contributed by atoms with Gasteiger partial charge in [0.15, 0.2) is 0 Å². The van der Waals surface area contributed by atoms with E-state index in [0.717, 1.165) is 74.2 Å². The van der Waals surface area contributed by atoms with Crippen LogP contribution in [-0.2, 0) is 6.54 Å². The molecule has 0 aliphatic heterocycles. The van der Waals surface area contributed by atoms with E-state index in [-0.39, 0.29) is 5.82 Å². The molecule has 6 aromatic rings. The summed E-state index contributed by atoms with van der Waals surface area (Å²) in [7, 11) is 0. The van der Waals surface area contributed by atoms with Gasteiger partial charge >= 0.3 is 0 Å². The third kappa shape index (κ3) is 3.96. The molecule has 172 valence electrons. The van der Waals surface area contributed by atoms with Gasteiger partial charge in [-0.15, -0.1) is 0 Å². The standard InChI is InChI=1S/C28H23FN6/c1-2-30-14-17-10-20(16-31-15-17)18-6-7-25-24(12-18)27(35-34-25)26-13-23-22(8-9-32-28(23)33-26)19-4-3-5-21(29)11-19/h3-13,15-16,30H,2,14H2,1H3,(H,32,33)(H,34,35). The topological polar surface area (TPSA) is 82.3 Å². The Morgan fingerprint density at radius 2 is 1.86 bits per heavy atom. The van der Waals surface area contributed by atoms with Crippen LogP contribution in [0.15, 0.2) is 79.3 Å². The van der Waals surface area contributed by atoms with Gasteiger partial charge in [-0.25, -0.2) is 9.37 Å². The highest BCUT2D eigenvalue weighted by molar-refractivity contribution is 6.00. The Balaban J connectivity index is 1.44. The Hall–Kier alpha value is -4.36. The maximum Gasteiger partial charge on any atom is 0.138 e. The molecule has 35 heavy (non-hydrogen) atoms. The predicted octanol–water partition coefficient (Wildman–Crippen LogP) is 6.08. The van der Waals surface area contributed by atoms with Gasteiger partial charge in [-0.2, -0.15) is 5.10 Å². The summed E-state index contributed by atoms with van der Waals surface area (Å²) in [5.74, 6) is -0.266. The number of halogens is 1. The molecular formula is C28H23FN6. The minimum absolute atomic E-state index is 0.266. The van der Waals surface area contributed by atoms with Crippen molar-refractivity contribution in [2.45, 2.75) is 13.5 Å². The van der Waals surface area contributed by atoms with Crippen LogP contribution in [0.1, 0.15) is 12.5 Å². The summed E-state index contributed by atoms with van der Waals surface area (Å²) in [5, 5.41) is 13.0. The lowest BCUT2D eigenvalue weighted by Crippen LogP contribution is -2.11. The molecule has 4 aromatic heterocycles. The summed E-state index contributed by atoms with van der Waals surface area (Å²) in [6.07, 6.45) is 5.51. The number of fused-ring (bicyclic) bond motifs is 2. The normalized spacial score (nSPS) is 11.5. The summed E-state index contributed by atoms with van der Waals surface area (Å²) in [6, 6.07) is 19.0. The first-order valence-electron chi connectivity index (χ1n) is 11.6. The van der Waals surface area contributed by atoms with Gasteiger partial charge in [0.05, 0.1) is 11.2 Å². The number of H-pyrrole nitrogens is 2. The minimum Gasteiger partial charge on any atom is -0.338 e. The van der Waals surface area contributed by atoms with Crippen LogP contribution in [0, 0.1) is 5.82 Å². The molecule has 0 fully saturated rings. The second kappa shape index (κ2) is 8.77. The molecule has 7 heteroatoms. The van der Waals surface area contributed by atoms with Gasteiger partial charge in [0.25, 0.3) is 0 Å². The number of nitrogens with one attached hydrogen (secondary N) is 3. The number of nitrogens with zero attached hydrogens (tertiary/aromatic N) is 3. The van der Waals surface area contributed by atoms with Gasteiger partial charge in [0.2, 0.25) is 0 Å². The number of rotatable bonds is 6. The molecule has 0 bridgehead atoms. The monoisotopic (exact) mass is 462 g/mol. The van der Waals surface area contributed by atoms with E-state index in [4.69, 9.17) is 0 Å². The maximum atomic E-state index is 13.9. The molecular weight excluding hydrogens is 439 g/mol. The van der Waals surface area contributed by atoms with E-state index in [0.29, 0.717) is 0 Å². The van der Waals surface area contributed by atoms with Crippen LogP contribution in [0.2, 0.25) is 0 Å². The molecule has 0 saturated heterocycles. The average molecular weight is 463 g/mol. The third-order valence-corrected chi connectivity index (χ3v) is 6.19. The summed E-state index contributed by atoms with van der Waals surface area (Å²) in [6.45, 7) is 3.79. The Morgan fingerprint density at radius 1 is 0.914 bits per heavy atom. The summed E-state index contributed by atoms with van der Waals surface area (Å²) in [4.78, 5) is 12.3. The van der Waals surface area contributed by atoms with Crippen molar-refractivity contribution < 1.29 is 4.39 Å². The van der Waals surface area contributed by atoms with Gasteiger partial charge in [-0.3, -0.25) is 10.1 Å². The first-order valence-corrected chi connectivity index (χ1v) is 11.6. The van der Waals surface area contributed by atoms with Crippen molar-refractivity contribution in [3.63, 3.8) is 0 Å². The third-order valence-electron chi connectivity index (χ3n) is 6.19. The zero-order valence-electron chi connectivity index (χ0n) is 19.1. The first-order chi connectivity index (χ1) is 17.2. The van der Waals surface area contributed by atoms with Gasteiger partial charge in [-0.1, -0.05) is 25.1 Å². The van der Waals surface area contributed by atoms with Gasteiger partial charge in [0.1, 0.15) is 17.2 Å². The molecule has 4 heterocycles. The molecule has 2 aromatic carbocycles. The minimum atomic E-state index is -0.266. The lowest BCUT2D eigenvalue weighted by Gasteiger charge is -2.06. The Kier molecular flexibility index (Phi) is 5.31. The molecule has 0 saturated carbocycles. The van der Waals surface area contributed by atoms with Crippen LogP contribution in [0.3, 0.4) is 0 Å². The highest BCUT2D eigenvalue weighted by Gasteiger charge is 2.15. The van der Waals surface area contributed by atoms with E-state index in [1.165, 1.54) is 12.1 Å². The van der Waals surface area contributed by atoms with E-state index in [1.807, 2.05) is 36.7 Å². The fourth-order valence-electron chi connectivity index (χ4n) is 4.47. The molecule has 0 atom stereocenters. The lowest BCUT2D eigenvalue weighted by atomic mass is 10.0. The zero-order chi connectivity index (χ0) is 23.8. The molecule has 6 rings (SSSR count). The molecule has 0 radical (unpaired) electrons. The van der Waals surface area contributed by atoms with Crippen molar-refractivity contribution >= 4 is 21.9 Å². The molecule has 0 spiro atoms. The van der Waals surface area contributed by atoms with Crippen molar-refractivity contribution in [1.29, 1.82) is 0 Å². The number of hydrogen-bond donors (Lipinski definition) is 3. The van der Waals surface area contributed by atoms with Crippen LogP contribution in [0.4, 0.5) is 4.39 Å². The number of benzene rings is 2. The van der Waals surface area contributed by atoms with E-state index in [2.05, 4.69) is 55.6 Å². The fraction of sp³-hybridized carbons (Fsp3) is 0.107. The Labute approximate surface area is 201 Å². The SMILES string of the molecule is CCNCc1cncc(-c2ccc3[nH]nc(-c4cc5c(-c6cccc(F)c6)ccnc5[nH]4)c3c2)c1. The molecule has 0 aliphatic rings. The Morgan fingerprint density at radius 3 is 2.74 bits per heavy atom. The van der Waals surface area contributed by atoms with Gasteiger partial charge in [0, 0.05) is 41.5 Å². The van der Waals surface area contributed by atoms with E-state index in [1.54, 1.807) is 12.3 Å². The van der Waals surface area contributed by atoms with Crippen LogP contribution in [-0.4, -0.2) is 31.7 Å². The van der Waals surface area contributed by atoms with Gasteiger partial charge in [-0.05, 0) is 71.3 Å². The van der Waals surface area contributed by atoms with E-state index >= 15 is 0 Å². The molecule has 0 amide bonds. The van der Waals surface area contributed by atoms with Crippen molar-refractivity contribution in [2.75, 3.05) is 6.54 Å². The fourth-order valence-corrected chi connectivity index (χ4v) is 4.47. The van der Waals surface area contributed by atoms with Crippen molar-refractivity contribution in [1.82, 2.24) is 30.5 Å². The van der Waals surface area contributed by atoms with Crippen LogP contribution < -0.4 is 5.32 Å². The lowest BCUT2D eigenvalue weighted by molar-refractivity contribution is 0.628. The number of aromatic amines is 2. The average Bonchev–Trinajstić information content (AvgIpc) is 3.51. The predicted molar refractivity (Wildman–Crippen MR) is 137 cm³/mol. The second-order valence-electron chi connectivity index (χ2n) is 8.51. The van der Waals surface area contributed by atoms with Gasteiger partial charge < -0.3 is 10.3 Å². The van der Waals surface area contributed by atoms with Crippen molar-refractivity contribution in [3.05, 3.63) is 90.6 Å². The highest BCUT2D eigenvalue weighted by atomic mass is 19.1. The molecule has 3 N–H and O–H groups in total. The maximum absolute atomic E-state index is 13.9. The Bertz CT molecular complexity index is 1670. The number of pyridine rings is 2. The molecule has 0 unspecified atom stereocenters. The number of hydrogen-bond acceptors (Lipinski definition) is 4. The smallest absolute Gasteiger partial charge is 0.138 e. The van der Waals surface area contributed by atoms with E-state index in [9.17, 15) is 4.39 Å². The van der Waals surface area contributed by atoms with E-state index < -0.39 is 0 Å². The van der Waals surface area contributed by atoms with Crippen LogP contribution in [0.25, 0.3) is 55.6 Å². The summed E-state index contributed by atoms with van der Waals surface area (Å²) < 4.78 is 13.9. The summed E-state index contributed by atoms with van der Waals surface area (Å²) in [5.41, 5.74) is 8.32.